The number of benzene rings is 1. The van der Waals surface area contributed by atoms with Crippen LogP contribution in [0.25, 0.3) is 0 Å². The number of ether oxygens (including phenoxy) is 2. The average molecular weight is 455 g/mol. The number of ketones is 1. The molecule has 2 saturated carbocycles. The maximum Gasteiger partial charge on any atom is 0.354 e. The van der Waals surface area contributed by atoms with Crippen molar-refractivity contribution in [2.45, 2.75) is 84.2 Å². The van der Waals surface area contributed by atoms with Gasteiger partial charge in [-0.1, -0.05) is 24.6 Å². The summed E-state index contributed by atoms with van der Waals surface area (Å²) >= 11 is 0. The molecule has 0 saturated heterocycles. The van der Waals surface area contributed by atoms with E-state index in [0.717, 1.165) is 68.4 Å². The number of carbonyl (C=O) groups is 2. The molecule has 6 heteroatoms. The first-order chi connectivity index (χ1) is 16.0. The Morgan fingerprint density at radius 3 is 2.70 bits per heavy atom. The Bertz CT molecular complexity index is 890. The van der Waals surface area contributed by atoms with Crippen LogP contribution in [0, 0.1) is 12.8 Å². The van der Waals surface area contributed by atoms with Gasteiger partial charge in [-0.15, -0.1) is 0 Å². The summed E-state index contributed by atoms with van der Waals surface area (Å²) in [6.45, 7) is 4.29. The Balaban J connectivity index is 1.44. The molecule has 1 aromatic carbocycles. The van der Waals surface area contributed by atoms with E-state index < -0.39 is 5.97 Å². The van der Waals surface area contributed by atoms with Gasteiger partial charge in [-0.3, -0.25) is 9.79 Å². The fourth-order valence-electron chi connectivity index (χ4n) is 4.77. The Morgan fingerprint density at radius 2 is 1.91 bits per heavy atom. The van der Waals surface area contributed by atoms with Crippen LogP contribution in [0.4, 0.5) is 0 Å². The molecular weight excluding hydrogens is 416 g/mol. The van der Waals surface area contributed by atoms with Crippen LogP contribution < -0.4 is 10.5 Å². The third kappa shape index (κ3) is 7.44. The van der Waals surface area contributed by atoms with Crippen molar-refractivity contribution in [1.82, 2.24) is 0 Å². The largest absolute Gasteiger partial charge is 0.490 e. The lowest BCUT2D eigenvalue weighted by atomic mass is 9.94. The smallest absolute Gasteiger partial charge is 0.354 e. The number of carbonyl (C=O) groups excluding carboxylic acids is 2. The van der Waals surface area contributed by atoms with Crippen molar-refractivity contribution in [3.05, 3.63) is 41.1 Å². The molecule has 0 heterocycles. The van der Waals surface area contributed by atoms with Crippen molar-refractivity contribution in [2.75, 3.05) is 13.2 Å². The van der Waals surface area contributed by atoms with E-state index in [9.17, 15) is 9.59 Å². The number of nitrogens with zero attached hydrogens (tertiary/aromatic N) is 1. The number of para-hydroxylation sites is 1. The normalized spacial score (nSPS) is 23.8. The molecule has 2 aliphatic carbocycles. The highest BCUT2D eigenvalue weighted by Gasteiger charge is 2.24. The first kappa shape index (κ1) is 25.0. The lowest BCUT2D eigenvalue weighted by Crippen LogP contribution is -2.19. The minimum Gasteiger partial charge on any atom is -0.490 e. The van der Waals surface area contributed by atoms with Crippen LogP contribution >= 0.6 is 0 Å². The van der Waals surface area contributed by atoms with Gasteiger partial charge in [0.2, 0.25) is 0 Å². The summed E-state index contributed by atoms with van der Waals surface area (Å²) < 4.78 is 11.3. The number of Topliss-reactive ketones (excluding diaryl/α,β-unsaturated/α-hetero) is 1. The molecule has 0 spiro atoms. The zero-order chi connectivity index (χ0) is 23.6. The monoisotopic (exact) mass is 454 g/mol. The Morgan fingerprint density at radius 1 is 1.09 bits per heavy atom. The molecule has 3 rings (SSSR count). The fraction of sp³-hybridized carbons (Fsp3) is 0.593. The average Bonchev–Trinajstić information content (AvgIpc) is 3.16. The highest BCUT2D eigenvalue weighted by Crippen LogP contribution is 2.30. The van der Waals surface area contributed by atoms with Gasteiger partial charge in [0.25, 0.3) is 0 Å². The van der Waals surface area contributed by atoms with Gasteiger partial charge >= 0.3 is 5.97 Å². The Hall–Kier alpha value is -2.63. The predicted octanol–water partition coefficient (Wildman–Crippen LogP) is 5.07. The number of rotatable bonds is 9. The van der Waals surface area contributed by atoms with Crippen molar-refractivity contribution < 1.29 is 19.1 Å². The minimum absolute atomic E-state index is 0.140. The molecule has 2 N–H and O–H groups in total. The number of hydrogen-bond donors (Lipinski definition) is 1. The highest BCUT2D eigenvalue weighted by molar-refractivity contribution is 6.08. The summed E-state index contributed by atoms with van der Waals surface area (Å²) in [5.74, 6) is 1.21. The van der Waals surface area contributed by atoms with Crippen LogP contribution in [0.2, 0.25) is 0 Å². The van der Waals surface area contributed by atoms with Gasteiger partial charge in [-0.05, 0) is 82.8 Å². The number of esters is 1. The third-order valence-corrected chi connectivity index (χ3v) is 6.71. The summed E-state index contributed by atoms with van der Waals surface area (Å²) in [4.78, 5) is 29.0. The molecule has 2 fully saturated rings. The van der Waals surface area contributed by atoms with Crippen LogP contribution in [0.15, 0.2) is 40.5 Å². The van der Waals surface area contributed by atoms with E-state index in [0.29, 0.717) is 18.8 Å². The van der Waals surface area contributed by atoms with Crippen molar-refractivity contribution in [2.24, 2.45) is 16.6 Å². The molecule has 0 aromatic heterocycles. The van der Waals surface area contributed by atoms with Gasteiger partial charge in [0.1, 0.15) is 11.4 Å². The van der Waals surface area contributed by atoms with Crippen molar-refractivity contribution in [3.63, 3.8) is 0 Å². The topological polar surface area (TPSA) is 91.0 Å². The quantitative estimate of drug-likeness (QED) is 0.319. The molecule has 2 aliphatic rings. The van der Waals surface area contributed by atoms with E-state index in [1.807, 2.05) is 18.2 Å². The maximum atomic E-state index is 12.5. The summed E-state index contributed by atoms with van der Waals surface area (Å²) in [7, 11) is 0. The van der Waals surface area contributed by atoms with E-state index in [1.54, 1.807) is 6.92 Å². The van der Waals surface area contributed by atoms with Crippen molar-refractivity contribution >= 4 is 17.5 Å². The number of aryl methyl sites for hydroxylation is 1. The number of allylic oxidation sites excluding steroid dienone is 1. The predicted molar refractivity (Wildman–Crippen MR) is 130 cm³/mol. The lowest BCUT2D eigenvalue weighted by molar-refractivity contribution is -0.138. The molecule has 180 valence electrons. The van der Waals surface area contributed by atoms with E-state index in [4.69, 9.17) is 15.2 Å². The molecule has 6 nitrogen and oxygen atoms in total. The van der Waals surface area contributed by atoms with Crippen LogP contribution in [-0.4, -0.2) is 36.7 Å². The number of hydrogen-bond acceptors (Lipinski definition) is 6. The van der Waals surface area contributed by atoms with E-state index in [1.165, 1.54) is 5.56 Å². The molecule has 0 radical (unpaired) electrons. The fourth-order valence-corrected chi connectivity index (χ4v) is 4.77. The molecule has 0 aliphatic heterocycles. The van der Waals surface area contributed by atoms with E-state index in [2.05, 4.69) is 18.0 Å². The number of nitrogens with two attached hydrogens (primary N) is 1. The van der Waals surface area contributed by atoms with Gasteiger partial charge in [-0.25, -0.2) is 4.79 Å². The second-order valence-electron chi connectivity index (χ2n) is 9.19. The van der Waals surface area contributed by atoms with E-state index in [-0.39, 0.29) is 30.7 Å². The van der Waals surface area contributed by atoms with Gasteiger partial charge in [0.05, 0.1) is 19.3 Å². The third-order valence-electron chi connectivity index (χ3n) is 6.71. The molecule has 33 heavy (non-hydrogen) atoms. The Kier molecular flexibility index (Phi) is 9.52. The molecular formula is C27H38N2O4. The lowest BCUT2D eigenvalue weighted by Gasteiger charge is -2.19. The molecule has 0 amide bonds. The van der Waals surface area contributed by atoms with Crippen molar-refractivity contribution in [1.29, 1.82) is 0 Å². The zero-order valence-corrected chi connectivity index (χ0v) is 20.1. The van der Waals surface area contributed by atoms with Gasteiger partial charge in [0, 0.05) is 17.7 Å². The summed E-state index contributed by atoms with van der Waals surface area (Å²) in [6, 6.07) is 8.18. The molecule has 0 bridgehead atoms. The summed E-state index contributed by atoms with van der Waals surface area (Å²) in [5, 5.41) is 0. The van der Waals surface area contributed by atoms with Gasteiger partial charge < -0.3 is 15.2 Å². The minimum atomic E-state index is -0.494. The SMILES string of the molecule is CCOC(=O)C(N)=C1CCCC1=NCC(=O)CCC1CCCC(Oc2ccccc2C)CC1. The van der Waals surface area contributed by atoms with Crippen LogP contribution in [0.1, 0.15) is 76.7 Å². The Labute approximate surface area is 197 Å². The molecule has 2 unspecified atom stereocenters. The van der Waals surface area contributed by atoms with E-state index >= 15 is 0 Å². The summed E-state index contributed by atoms with van der Waals surface area (Å²) in [6.07, 6.45) is 9.59. The summed E-state index contributed by atoms with van der Waals surface area (Å²) in [5.41, 5.74) is 8.84. The standard InChI is InChI=1S/C27H38N2O4/c1-3-32-27(31)26(28)23-11-7-12-24(23)29-18-21(30)16-14-20-9-6-10-22(17-15-20)33-25-13-5-4-8-19(25)2/h4-5,8,13,20,22H,3,6-7,9-12,14-18,28H2,1-2H3. The first-order valence-corrected chi connectivity index (χ1v) is 12.4. The van der Waals surface area contributed by atoms with Crippen LogP contribution in [0.5, 0.6) is 5.75 Å². The zero-order valence-electron chi connectivity index (χ0n) is 20.1. The maximum absolute atomic E-state index is 12.5. The van der Waals surface area contributed by atoms with Gasteiger partial charge in [0.15, 0.2) is 5.78 Å². The molecule has 2 atom stereocenters. The molecule has 1 aromatic rings. The first-order valence-electron chi connectivity index (χ1n) is 12.4. The van der Waals surface area contributed by atoms with Crippen LogP contribution in [-0.2, 0) is 14.3 Å². The van der Waals surface area contributed by atoms with Crippen LogP contribution in [0.3, 0.4) is 0 Å². The second-order valence-corrected chi connectivity index (χ2v) is 9.19. The second kappa shape index (κ2) is 12.6. The van der Waals surface area contributed by atoms with Crippen molar-refractivity contribution in [3.8, 4) is 5.75 Å². The number of aliphatic imine (C=N–C) groups is 1. The highest BCUT2D eigenvalue weighted by atomic mass is 16.5. The van der Waals surface area contributed by atoms with Gasteiger partial charge in [-0.2, -0.15) is 0 Å².